The van der Waals surface area contributed by atoms with Crippen LogP contribution in [0.3, 0.4) is 0 Å². The van der Waals surface area contributed by atoms with Gasteiger partial charge in [-0.05, 0) is 6.07 Å². The van der Waals surface area contributed by atoms with Gasteiger partial charge in [0.15, 0.2) is 0 Å². The van der Waals surface area contributed by atoms with Crippen LogP contribution in [0.15, 0.2) is 24.3 Å². The van der Waals surface area contributed by atoms with Gasteiger partial charge in [-0.2, -0.15) is 8.42 Å². The van der Waals surface area contributed by atoms with Crippen molar-refractivity contribution in [2.24, 2.45) is 5.14 Å². The van der Waals surface area contributed by atoms with E-state index < -0.39 is 10.2 Å². The Kier molecular flexibility index (Phi) is 2.35. The van der Waals surface area contributed by atoms with Crippen LogP contribution in [0.5, 0.6) is 0 Å². The first kappa shape index (κ1) is 9.02. The van der Waals surface area contributed by atoms with Crippen LogP contribution in [0.4, 0.5) is 5.69 Å². The Bertz CT molecular complexity index is 347. The molecule has 65 valence electrons. The van der Waals surface area contributed by atoms with Crippen molar-refractivity contribution in [3.05, 3.63) is 30.3 Å². The van der Waals surface area contributed by atoms with Gasteiger partial charge in [-0.15, -0.1) is 0 Å². The molecule has 0 aromatic heterocycles. The molecule has 0 heterocycles. The second-order valence-electron chi connectivity index (χ2n) is 2.26. The number of para-hydroxylation sites is 1. The third kappa shape index (κ3) is 1.96. The third-order valence-electron chi connectivity index (χ3n) is 1.41. The Morgan fingerprint density at radius 2 is 2.17 bits per heavy atom. The normalized spacial score (nSPS) is 11.2. The average molecular weight is 185 g/mol. The highest BCUT2D eigenvalue weighted by molar-refractivity contribution is 7.90. The quantitative estimate of drug-likeness (QED) is 0.711. The summed E-state index contributed by atoms with van der Waals surface area (Å²) in [6, 6.07) is 9.45. The number of rotatable bonds is 2. The Balaban J connectivity index is 3.02. The van der Waals surface area contributed by atoms with Crippen molar-refractivity contribution in [2.75, 3.05) is 11.4 Å². The second kappa shape index (κ2) is 3.12. The number of hydrogen-bond donors (Lipinski definition) is 1. The summed E-state index contributed by atoms with van der Waals surface area (Å²) in [5, 5.41) is 4.89. The summed E-state index contributed by atoms with van der Waals surface area (Å²) in [5.74, 6) is 0. The third-order valence-corrected chi connectivity index (χ3v) is 2.37. The van der Waals surface area contributed by atoms with Crippen molar-refractivity contribution in [3.8, 4) is 0 Å². The Morgan fingerprint density at radius 3 is 2.58 bits per heavy atom. The lowest BCUT2D eigenvalue weighted by Crippen LogP contribution is -2.33. The lowest BCUT2D eigenvalue weighted by Gasteiger charge is -2.14. The molecule has 0 aliphatic heterocycles. The minimum absolute atomic E-state index is 0.431. The summed E-state index contributed by atoms with van der Waals surface area (Å²) in [4.78, 5) is 0. The Labute approximate surface area is 71.8 Å². The highest BCUT2D eigenvalue weighted by Crippen LogP contribution is 2.11. The molecule has 0 amide bonds. The first-order valence-electron chi connectivity index (χ1n) is 3.25. The molecule has 0 saturated carbocycles. The average Bonchev–Trinajstić information content (AvgIpc) is 2.03. The standard InChI is InChI=1S/C7H9N2O2S/c1-9(12(8,10)11)7-5-3-2-4-6-7/h2-5H,1H3,(H2,8,10,11). The molecule has 12 heavy (non-hydrogen) atoms. The summed E-state index contributed by atoms with van der Waals surface area (Å²) in [6.45, 7) is 0. The molecule has 1 radical (unpaired) electrons. The SMILES string of the molecule is CN(c1[c]cccc1)S(N)(=O)=O. The predicted molar refractivity (Wildman–Crippen MR) is 46.8 cm³/mol. The van der Waals surface area contributed by atoms with Crippen LogP contribution in [0.25, 0.3) is 0 Å². The fourth-order valence-corrected chi connectivity index (χ4v) is 1.10. The number of nitrogens with two attached hydrogens (primary N) is 1. The van der Waals surface area contributed by atoms with Crippen LogP contribution < -0.4 is 9.44 Å². The van der Waals surface area contributed by atoms with E-state index >= 15 is 0 Å². The van der Waals surface area contributed by atoms with Crippen LogP contribution in [-0.4, -0.2) is 15.5 Å². The summed E-state index contributed by atoms with van der Waals surface area (Å²) in [6.07, 6.45) is 0. The van der Waals surface area contributed by atoms with E-state index in [1.807, 2.05) is 0 Å². The zero-order valence-corrected chi connectivity index (χ0v) is 7.38. The summed E-state index contributed by atoms with van der Waals surface area (Å²) >= 11 is 0. The van der Waals surface area contributed by atoms with E-state index in [-0.39, 0.29) is 0 Å². The smallest absolute Gasteiger partial charge is 0.260 e. The largest absolute Gasteiger partial charge is 0.298 e. The monoisotopic (exact) mass is 185 g/mol. The molecule has 0 spiro atoms. The van der Waals surface area contributed by atoms with Crippen LogP contribution in [0, 0.1) is 6.07 Å². The Hall–Kier alpha value is -1.07. The van der Waals surface area contributed by atoms with Gasteiger partial charge in [-0.3, -0.25) is 4.31 Å². The van der Waals surface area contributed by atoms with Crippen LogP contribution in [0.1, 0.15) is 0 Å². The Morgan fingerprint density at radius 1 is 1.50 bits per heavy atom. The molecule has 0 aliphatic rings. The lowest BCUT2D eigenvalue weighted by molar-refractivity contribution is 0.596. The van der Waals surface area contributed by atoms with E-state index in [1.165, 1.54) is 7.05 Å². The van der Waals surface area contributed by atoms with Crippen molar-refractivity contribution < 1.29 is 8.42 Å². The minimum atomic E-state index is -3.65. The van der Waals surface area contributed by atoms with Crippen molar-refractivity contribution in [1.29, 1.82) is 0 Å². The number of anilines is 1. The van der Waals surface area contributed by atoms with Gasteiger partial charge in [0, 0.05) is 13.1 Å². The van der Waals surface area contributed by atoms with Gasteiger partial charge in [0.1, 0.15) is 0 Å². The van der Waals surface area contributed by atoms with E-state index in [1.54, 1.807) is 24.3 Å². The van der Waals surface area contributed by atoms with Gasteiger partial charge < -0.3 is 0 Å². The number of hydrogen-bond acceptors (Lipinski definition) is 2. The van der Waals surface area contributed by atoms with Crippen molar-refractivity contribution in [1.82, 2.24) is 0 Å². The molecule has 4 nitrogen and oxygen atoms in total. The molecule has 1 rings (SSSR count). The molecule has 1 aromatic rings. The number of benzene rings is 1. The fourth-order valence-electron chi connectivity index (χ4n) is 0.717. The maximum absolute atomic E-state index is 10.8. The molecule has 1 aromatic carbocycles. The van der Waals surface area contributed by atoms with Crippen LogP contribution in [0.2, 0.25) is 0 Å². The molecule has 0 atom stereocenters. The van der Waals surface area contributed by atoms with Crippen LogP contribution in [-0.2, 0) is 10.2 Å². The van der Waals surface area contributed by atoms with E-state index in [2.05, 4.69) is 6.07 Å². The minimum Gasteiger partial charge on any atom is -0.260 e. The van der Waals surface area contributed by atoms with Crippen molar-refractivity contribution in [2.45, 2.75) is 0 Å². The molecule has 0 fully saturated rings. The van der Waals surface area contributed by atoms with E-state index in [4.69, 9.17) is 5.14 Å². The molecule has 2 N–H and O–H groups in total. The second-order valence-corrected chi connectivity index (χ2v) is 3.84. The van der Waals surface area contributed by atoms with Gasteiger partial charge in [-0.1, -0.05) is 18.2 Å². The van der Waals surface area contributed by atoms with Crippen molar-refractivity contribution >= 4 is 15.9 Å². The summed E-state index contributed by atoms with van der Waals surface area (Å²) < 4.78 is 22.6. The maximum atomic E-state index is 10.8. The molecular formula is C7H9N2O2S. The molecule has 0 saturated heterocycles. The van der Waals surface area contributed by atoms with Gasteiger partial charge in [-0.25, -0.2) is 5.14 Å². The first-order valence-corrected chi connectivity index (χ1v) is 4.75. The highest BCUT2D eigenvalue weighted by atomic mass is 32.2. The summed E-state index contributed by atoms with van der Waals surface area (Å²) in [7, 11) is -2.28. The molecule has 0 aliphatic carbocycles. The zero-order chi connectivity index (χ0) is 9.19. The number of nitrogens with zero attached hydrogens (tertiary/aromatic N) is 1. The zero-order valence-electron chi connectivity index (χ0n) is 6.56. The first-order chi connectivity index (χ1) is 5.52. The molecular weight excluding hydrogens is 176 g/mol. The van der Waals surface area contributed by atoms with E-state index in [0.717, 1.165) is 4.31 Å². The summed E-state index contributed by atoms with van der Waals surface area (Å²) in [5.41, 5.74) is 0.431. The lowest BCUT2D eigenvalue weighted by atomic mass is 10.3. The fraction of sp³-hybridized carbons (Fsp3) is 0.143. The molecule has 0 bridgehead atoms. The van der Waals surface area contributed by atoms with E-state index in [9.17, 15) is 8.42 Å². The van der Waals surface area contributed by atoms with Gasteiger partial charge in [0.05, 0.1) is 5.69 Å². The van der Waals surface area contributed by atoms with E-state index in [0.29, 0.717) is 5.69 Å². The molecule has 0 unspecified atom stereocenters. The van der Waals surface area contributed by atoms with Gasteiger partial charge in [0.2, 0.25) is 0 Å². The van der Waals surface area contributed by atoms with Crippen LogP contribution >= 0.6 is 0 Å². The van der Waals surface area contributed by atoms with Gasteiger partial charge in [0.25, 0.3) is 10.2 Å². The highest BCUT2D eigenvalue weighted by Gasteiger charge is 2.10. The maximum Gasteiger partial charge on any atom is 0.298 e. The predicted octanol–water partition coefficient (Wildman–Crippen LogP) is 0.126. The van der Waals surface area contributed by atoms with Crippen molar-refractivity contribution in [3.63, 3.8) is 0 Å². The van der Waals surface area contributed by atoms with Gasteiger partial charge >= 0.3 is 0 Å². The topological polar surface area (TPSA) is 63.4 Å². The molecule has 5 heteroatoms.